The molecule has 5 N–H and O–H groups in total. The molecule has 0 amide bonds. The topological polar surface area (TPSA) is 116 Å². The molecule has 3 heterocycles. The van der Waals surface area contributed by atoms with Gasteiger partial charge in [-0.2, -0.15) is 4.98 Å². The molecule has 0 saturated carbocycles. The van der Waals surface area contributed by atoms with Crippen LogP contribution in [0.4, 0.5) is 11.8 Å². The van der Waals surface area contributed by atoms with Crippen LogP contribution in [0.15, 0.2) is 24.4 Å². The van der Waals surface area contributed by atoms with Gasteiger partial charge in [0, 0.05) is 37.4 Å². The summed E-state index contributed by atoms with van der Waals surface area (Å²) >= 11 is 6.58. The number of rotatable bonds is 14. The predicted molar refractivity (Wildman–Crippen MR) is 150 cm³/mol. The lowest BCUT2D eigenvalue weighted by molar-refractivity contribution is 0.0789. The van der Waals surface area contributed by atoms with E-state index < -0.39 is 0 Å². The van der Waals surface area contributed by atoms with Crippen LogP contribution in [0.1, 0.15) is 50.2 Å². The van der Waals surface area contributed by atoms with Crippen molar-refractivity contribution in [2.24, 2.45) is 5.73 Å². The smallest absolute Gasteiger partial charge is 0.222 e. The number of halogens is 1. The third kappa shape index (κ3) is 6.84. The summed E-state index contributed by atoms with van der Waals surface area (Å²) in [6, 6.07) is 6.88. The zero-order chi connectivity index (χ0) is 26.2. The van der Waals surface area contributed by atoms with Crippen LogP contribution in [-0.4, -0.2) is 65.4 Å². The molecule has 1 atom stereocenters. The minimum atomic E-state index is 0.209. The van der Waals surface area contributed by atoms with Crippen molar-refractivity contribution in [2.75, 3.05) is 51.0 Å². The number of nitrogens with two attached hydrogens (primary N) is 2. The first-order valence-corrected chi connectivity index (χ1v) is 13.6. The van der Waals surface area contributed by atoms with Crippen LogP contribution >= 0.6 is 11.6 Å². The molecule has 1 aliphatic rings. The molecule has 37 heavy (non-hydrogen) atoms. The lowest BCUT2D eigenvalue weighted by atomic mass is 10.1. The molecular formula is C27H40ClN7O2. The molecule has 0 bridgehead atoms. The minimum Gasteiger partial charge on any atom is -0.496 e. The van der Waals surface area contributed by atoms with Crippen LogP contribution in [0.5, 0.6) is 5.75 Å². The first kappa shape index (κ1) is 27.4. The van der Waals surface area contributed by atoms with Gasteiger partial charge in [-0.05, 0) is 37.4 Å². The number of hydrogen-bond acceptors (Lipinski definition) is 8. The number of nitrogen functional groups attached to an aromatic ring is 1. The Balaban J connectivity index is 1.53. The molecule has 0 radical (unpaired) electrons. The highest BCUT2D eigenvalue weighted by molar-refractivity contribution is 6.35. The molecule has 1 fully saturated rings. The van der Waals surface area contributed by atoms with Gasteiger partial charge >= 0.3 is 0 Å². The van der Waals surface area contributed by atoms with Crippen molar-refractivity contribution in [3.63, 3.8) is 0 Å². The first-order valence-electron chi connectivity index (χ1n) is 13.3. The van der Waals surface area contributed by atoms with E-state index in [9.17, 15) is 0 Å². The highest BCUT2D eigenvalue weighted by Crippen LogP contribution is 2.32. The molecule has 0 aliphatic carbocycles. The molecule has 2 aromatic heterocycles. The molecule has 1 aliphatic heterocycles. The second kappa shape index (κ2) is 13.3. The van der Waals surface area contributed by atoms with Gasteiger partial charge in [-0.25, -0.2) is 4.98 Å². The largest absolute Gasteiger partial charge is 0.496 e. The van der Waals surface area contributed by atoms with Gasteiger partial charge in [0.15, 0.2) is 5.82 Å². The number of methoxy groups -OCH3 is 1. The van der Waals surface area contributed by atoms with E-state index in [-0.39, 0.29) is 5.95 Å². The fourth-order valence-corrected chi connectivity index (χ4v) is 5.28. The Morgan fingerprint density at radius 1 is 1.22 bits per heavy atom. The molecule has 9 nitrogen and oxygen atoms in total. The maximum Gasteiger partial charge on any atom is 0.222 e. The number of ether oxygens (including phenoxy) is 2. The third-order valence-electron chi connectivity index (χ3n) is 6.91. The second-order valence-electron chi connectivity index (χ2n) is 9.64. The predicted octanol–water partition coefficient (Wildman–Crippen LogP) is 4.27. The lowest BCUT2D eigenvalue weighted by Gasteiger charge is -2.25. The average Bonchev–Trinajstić information content (AvgIpc) is 3.46. The summed E-state index contributed by atoms with van der Waals surface area (Å²) in [5.74, 6) is 1.76. The number of nitrogens with one attached hydrogen (secondary N) is 1. The number of benzene rings is 1. The summed E-state index contributed by atoms with van der Waals surface area (Å²) in [6.45, 7) is 7.41. The molecule has 202 valence electrons. The van der Waals surface area contributed by atoms with Gasteiger partial charge in [-0.15, -0.1) is 0 Å². The molecule has 0 spiro atoms. The number of unbranched alkanes of at least 4 members (excludes halogenated alkanes) is 2. The first-order chi connectivity index (χ1) is 18.0. The number of likely N-dealkylation sites (tertiary alicyclic amines) is 1. The van der Waals surface area contributed by atoms with Gasteiger partial charge in [-0.1, -0.05) is 43.5 Å². The van der Waals surface area contributed by atoms with Gasteiger partial charge < -0.3 is 30.8 Å². The summed E-state index contributed by atoms with van der Waals surface area (Å²) in [6.07, 6.45) is 7.60. The standard InChI is InChI=1S/C27H40ClN7O2/c1-3-4-5-11-31-26-25-24(32-27(30)33-26)22(28)17-35(25)16-20-9-8-19(14-23(20)36-2)15-34-12-6-7-21(34)18-37-13-10-29/h8-9,14,17,21H,3-7,10-13,15-16,18,29H2,1-2H3,(H3,30,31,32,33)/t21-/m0/s1. The molecule has 4 rings (SSSR count). The van der Waals surface area contributed by atoms with Crippen LogP contribution in [0, 0.1) is 0 Å². The molecule has 1 aromatic carbocycles. The van der Waals surface area contributed by atoms with Gasteiger partial charge in [0.2, 0.25) is 5.95 Å². The maximum atomic E-state index is 6.58. The van der Waals surface area contributed by atoms with Gasteiger partial charge in [0.1, 0.15) is 16.8 Å². The molecule has 10 heteroatoms. The minimum absolute atomic E-state index is 0.209. The number of fused-ring (bicyclic) bond motifs is 1. The Morgan fingerprint density at radius 3 is 2.86 bits per heavy atom. The van der Waals surface area contributed by atoms with Gasteiger partial charge in [0.25, 0.3) is 0 Å². The summed E-state index contributed by atoms with van der Waals surface area (Å²) in [5, 5.41) is 3.99. The van der Waals surface area contributed by atoms with Crippen LogP contribution in [0.3, 0.4) is 0 Å². The van der Waals surface area contributed by atoms with Crippen LogP contribution in [0.25, 0.3) is 11.0 Å². The number of nitrogens with zero attached hydrogens (tertiary/aromatic N) is 4. The number of aromatic nitrogens is 3. The van der Waals surface area contributed by atoms with E-state index in [1.54, 1.807) is 7.11 Å². The van der Waals surface area contributed by atoms with E-state index in [2.05, 4.69) is 49.9 Å². The average molecular weight is 530 g/mol. The summed E-state index contributed by atoms with van der Waals surface area (Å²) in [5.41, 5.74) is 15.3. The van der Waals surface area contributed by atoms with Gasteiger partial charge in [0.05, 0.1) is 31.9 Å². The molecular weight excluding hydrogens is 490 g/mol. The monoisotopic (exact) mass is 529 g/mol. The van der Waals surface area contributed by atoms with Crippen LogP contribution in [0.2, 0.25) is 5.02 Å². The lowest BCUT2D eigenvalue weighted by Crippen LogP contribution is -2.33. The Bertz CT molecular complexity index is 1170. The van der Waals surface area contributed by atoms with Crippen molar-refractivity contribution < 1.29 is 9.47 Å². The quantitative estimate of drug-likeness (QED) is 0.265. The number of anilines is 2. The van der Waals surface area contributed by atoms with Crippen molar-refractivity contribution in [3.05, 3.63) is 40.5 Å². The van der Waals surface area contributed by atoms with E-state index in [1.165, 1.54) is 12.0 Å². The van der Waals surface area contributed by atoms with Crippen molar-refractivity contribution in [1.29, 1.82) is 0 Å². The normalized spacial score (nSPS) is 16.1. The Kier molecular flexibility index (Phi) is 9.85. The van der Waals surface area contributed by atoms with Gasteiger partial charge in [-0.3, -0.25) is 4.90 Å². The Labute approximate surface area is 224 Å². The Morgan fingerprint density at radius 2 is 2.08 bits per heavy atom. The summed E-state index contributed by atoms with van der Waals surface area (Å²) < 4.78 is 13.6. The zero-order valence-corrected chi connectivity index (χ0v) is 22.8. The van der Waals surface area contributed by atoms with Crippen molar-refractivity contribution >= 4 is 34.4 Å². The Hall–Kier alpha value is -2.59. The fraction of sp³-hybridized carbons (Fsp3) is 0.556. The molecule has 1 saturated heterocycles. The maximum absolute atomic E-state index is 6.58. The van der Waals surface area contributed by atoms with E-state index in [0.717, 1.165) is 68.8 Å². The molecule has 0 unspecified atom stereocenters. The number of hydrogen-bond donors (Lipinski definition) is 3. The molecule has 3 aromatic rings. The van der Waals surface area contributed by atoms with Crippen LogP contribution in [-0.2, 0) is 17.8 Å². The third-order valence-corrected chi connectivity index (χ3v) is 7.18. The zero-order valence-electron chi connectivity index (χ0n) is 22.0. The highest BCUT2D eigenvalue weighted by atomic mass is 35.5. The summed E-state index contributed by atoms with van der Waals surface area (Å²) in [4.78, 5) is 11.4. The van der Waals surface area contributed by atoms with E-state index in [0.29, 0.717) is 42.1 Å². The highest BCUT2D eigenvalue weighted by Gasteiger charge is 2.25. The van der Waals surface area contributed by atoms with E-state index in [1.807, 2.05) is 6.20 Å². The summed E-state index contributed by atoms with van der Waals surface area (Å²) in [7, 11) is 1.72. The van der Waals surface area contributed by atoms with E-state index >= 15 is 0 Å². The van der Waals surface area contributed by atoms with Crippen molar-refractivity contribution in [1.82, 2.24) is 19.4 Å². The van der Waals surface area contributed by atoms with Crippen molar-refractivity contribution in [3.8, 4) is 5.75 Å². The van der Waals surface area contributed by atoms with Crippen molar-refractivity contribution in [2.45, 2.75) is 58.2 Å². The van der Waals surface area contributed by atoms with Crippen LogP contribution < -0.4 is 21.5 Å². The second-order valence-corrected chi connectivity index (χ2v) is 10.0. The SMILES string of the molecule is CCCCCNc1nc(N)nc2c(Cl)cn(Cc3ccc(CN4CCC[C@H]4COCCN)cc3OC)c12. The van der Waals surface area contributed by atoms with E-state index in [4.69, 9.17) is 32.5 Å². The fourth-order valence-electron chi connectivity index (χ4n) is 5.03.